The Morgan fingerprint density at radius 3 is 2.58 bits per heavy atom. The number of amides is 1. The second-order valence-corrected chi connectivity index (χ2v) is 5.75. The first-order chi connectivity index (χ1) is 11.4. The van der Waals surface area contributed by atoms with Gasteiger partial charge >= 0.3 is 0 Å². The summed E-state index contributed by atoms with van der Waals surface area (Å²) < 4.78 is 10.8. The van der Waals surface area contributed by atoms with Crippen molar-refractivity contribution >= 4 is 41.1 Å². The molecule has 0 heterocycles. The molecule has 0 aliphatic heterocycles. The molecule has 0 radical (unpaired) electrons. The zero-order chi connectivity index (χ0) is 17.7. The first-order valence-electron chi connectivity index (χ1n) is 7.00. The highest BCUT2D eigenvalue weighted by molar-refractivity contribution is 6.35. The highest BCUT2D eigenvalue weighted by Gasteiger charge is 2.18. The molecule has 0 aromatic heterocycles. The molecule has 24 heavy (non-hydrogen) atoms. The minimum absolute atomic E-state index is 0.293. The molecule has 2 aromatic carbocycles. The maximum absolute atomic E-state index is 12.3. The van der Waals surface area contributed by atoms with Crippen molar-refractivity contribution in [3.8, 4) is 11.5 Å². The fourth-order valence-electron chi connectivity index (χ4n) is 1.93. The Balaban J connectivity index is 2.14. The van der Waals surface area contributed by atoms with E-state index >= 15 is 0 Å². The average molecular weight is 368 g/mol. The van der Waals surface area contributed by atoms with Crippen LogP contribution in [0.1, 0.15) is 17.3 Å². The van der Waals surface area contributed by atoms with Crippen molar-refractivity contribution in [1.29, 1.82) is 0 Å². The Morgan fingerprint density at radius 1 is 1.17 bits per heavy atom. The summed E-state index contributed by atoms with van der Waals surface area (Å²) in [5.41, 5.74) is 0.800. The van der Waals surface area contributed by atoms with Gasteiger partial charge in [0.15, 0.2) is 17.6 Å². The first kappa shape index (κ1) is 18.1. The van der Waals surface area contributed by atoms with Crippen molar-refractivity contribution in [1.82, 2.24) is 0 Å². The van der Waals surface area contributed by atoms with Gasteiger partial charge in [-0.2, -0.15) is 0 Å². The summed E-state index contributed by atoms with van der Waals surface area (Å²) in [6, 6.07) is 9.44. The largest absolute Gasteiger partial charge is 0.493 e. The number of benzene rings is 2. The lowest BCUT2D eigenvalue weighted by Gasteiger charge is -2.17. The summed E-state index contributed by atoms with van der Waals surface area (Å²) >= 11 is 11.9. The Morgan fingerprint density at radius 2 is 1.92 bits per heavy atom. The molecule has 0 bridgehead atoms. The van der Waals surface area contributed by atoms with E-state index in [9.17, 15) is 9.59 Å². The molecule has 7 heteroatoms. The molecule has 5 nitrogen and oxygen atoms in total. The second kappa shape index (κ2) is 8.04. The van der Waals surface area contributed by atoms with Gasteiger partial charge in [-0.15, -0.1) is 0 Å². The molecule has 1 N–H and O–H groups in total. The van der Waals surface area contributed by atoms with Gasteiger partial charge in [0.2, 0.25) is 0 Å². The highest BCUT2D eigenvalue weighted by Crippen LogP contribution is 2.29. The predicted octanol–water partition coefficient (Wildman–Crippen LogP) is 4.22. The second-order valence-electron chi connectivity index (χ2n) is 4.90. The van der Waals surface area contributed by atoms with Crippen molar-refractivity contribution in [2.24, 2.45) is 0 Å². The summed E-state index contributed by atoms with van der Waals surface area (Å²) in [4.78, 5) is 23.2. The third kappa shape index (κ3) is 4.40. The first-order valence-corrected chi connectivity index (χ1v) is 7.76. The number of rotatable bonds is 6. The van der Waals surface area contributed by atoms with Crippen molar-refractivity contribution in [2.45, 2.75) is 13.0 Å². The number of nitrogens with one attached hydrogen (secondary N) is 1. The van der Waals surface area contributed by atoms with Gasteiger partial charge in [-0.3, -0.25) is 9.59 Å². The van der Waals surface area contributed by atoms with E-state index in [0.29, 0.717) is 39.1 Å². The van der Waals surface area contributed by atoms with Crippen molar-refractivity contribution in [3.63, 3.8) is 0 Å². The van der Waals surface area contributed by atoms with Crippen LogP contribution < -0.4 is 14.8 Å². The fourth-order valence-corrected chi connectivity index (χ4v) is 2.27. The monoisotopic (exact) mass is 367 g/mol. The van der Waals surface area contributed by atoms with Crippen LogP contribution >= 0.6 is 23.2 Å². The lowest BCUT2D eigenvalue weighted by molar-refractivity contribution is -0.122. The van der Waals surface area contributed by atoms with Crippen LogP contribution in [-0.2, 0) is 4.79 Å². The quantitative estimate of drug-likeness (QED) is 0.776. The molecule has 0 spiro atoms. The Bertz CT molecular complexity index is 764. The molecule has 1 atom stereocenters. The smallest absolute Gasteiger partial charge is 0.265 e. The van der Waals surface area contributed by atoms with Crippen molar-refractivity contribution < 1.29 is 19.1 Å². The molecular formula is C17H15Cl2NO4. The van der Waals surface area contributed by atoms with Crippen LogP contribution in [0.25, 0.3) is 0 Å². The van der Waals surface area contributed by atoms with E-state index in [1.165, 1.54) is 13.2 Å². The number of ether oxygens (including phenoxy) is 2. The maximum atomic E-state index is 12.3. The molecule has 0 saturated carbocycles. The van der Waals surface area contributed by atoms with Gasteiger partial charge in [-0.1, -0.05) is 23.2 Å². The third-order valence-electron chi connectivity index (χ3n) is 3.18. The average Bonchev–Trinajstić information content (AvgIpc) is 2.57. The molecule has 2 aromatic rings. The molecular weight excluding hydrogens is 353 g/mol. The zero-order valence-corrected chi connectivity index (χ0v) is 14.5. The number of halogens is 2. The number of methoxy groups -OCH3 is 1. The zero-order valence-electron chi connectivity index (χ0n) is 13.0. The highest BCUT2D eigenvalue weighted by atomic mass is 35.5. The summed E-state index contributed by atoms with van der Waals surface area (Å²) in [7, 11) is 1.47. The lowest BCUT2D eigenvalue weighted by atomic mass is 10.2. The van der Waals surface area contributed by atoms with Crippen molar-refractivity contribution in [2.75, 3.05) is 12.4 Å². The van der Waals surface area contributed by atoms with E-state index in [0.717, 1.165) is 0 Å². The fraction of sp³-hybridized carbons (Fsp3) is 0.176. The molecule has 126 valence electrons. The van der Waals surface area contributed by atoms with Crippen LogP contribution in [0.5, 0.6) is 11.5 Å². The lowest BCUT2D eigenvalue weighted by Crippen LogP contribution is -2.30. The number of carbonyl (C=O) groups excluding carboxylic acids is 2. The van der Waals surface area contributed by atoms with Gasteiger partial charge in [0.05, 0.1) is 17.8 Å². The van der Waals surface area contributed by atoms with Gasteiger partial charge in [0, 0.05) is 10.6 Å². The minimum atomic E-state index is -0.851. The standard InChI is InChI=1S/C17H15Cl2NO4/c1-10(17(22)20-14-8-12(18)4-5-13(14)19)24-16-7-11(9-21)3-6-15(16)23-2/h3-10H,1-2H3,(H,20,22)/t10-/m0/s1. The van der Waals surface area contributed by atoms with Crippen LogP contribution in [0.3, 0.4) is 0 Å². The van der Waals surface area contributed by atoms with Crippen LogP contribution in [0, 0.1) is 0 Å². The molecule has 0 aliphatic carbocycles. The summed E-state index contributed by atoms with van der Waals surface area (Å²) in [6.07, 6.45) is -0.168. The van der Waals surface area contributed by atoms with E-state index in [4.69, 9.17) is 32.7 Å². The van der Waals surface area contributed by atoms with E-state index < -0.39 is 12.0 Å². The molecule has 0 aliphatic rings. The van der Waals surface area contributed by atoms with Gasteiger partial charge in [-0.05, 0) is 43.3 Å². The van der Waals surface area contributed by atoms with Crippen LogP contribution in [0.15, 0.2) is 36.4 Å². The Labute approximate surface area is 149 Å². The Kier molecular flexibility index (Phi) is 6.06. The summed E-state index contributed by atoms with van der Waals surface area (Å²) in [6.45, 7) is 1.57. The third-order valence-corrected chi connectivity index (χ3v) is 3.75. The number of carbonyl (C=O) groups is 2. The van der Waals surface area contributed by atoms with Gasteiger partial charge in [0.1, 0.15) is 6.29 Å². The Hall–Kier alpha value is -2.24. The van der Waals surface area contributed by atoms with Crippen LogP contribution in [0.2, 0.25) is 10.0 Å². The molecule has 0 unspecified atom stereocenters. The molecule has 2 rings (SSSR count). The number of aldehydes is 1. The predicted molar refractivity (Wildman–Crippen MR) is 93.6 cm³/mol. The molecule has 0 fully saturated rings. The van der Waals surface area contributed by atoms with Crippen LogP contribution in [0.4, 0.5) is 5.69 Å². The summed E-state index contributed by atoms with van der Waals surface area (Å²) in [5, 5.41) is 3.46. The number of anilines is 1. The minimum Gasteiger partial charge on any atom is -0.493 e. The normalized spacial score (nSPS) is 11.5. The topological polar surface area (TPSA) is 64.6 Å². The SMILES string of the molecule is COc1ccc(C=O)cc1O[C@@H](C)C(=O)Nc1cc(Cl)ccc1Cl. The van der Waals surface area contributed by atoms with Gasteiger partial charge in [-0.25, -0.2) is 0 Å². The van der Waals surface area contributed by atoms with Gasteiger partial charge < -0.3 is 14.8 Å². The van der Waals surface area contributed by atoms with E-state index in [1.807, 2.05) is 0 Å². The van der Waals surface area contributed by atoms with E-state index in [2.05, 4.69) is 5.32 Å². The maximum Gasteiger partial charge on any atom is 0.265 e. The van der Waals surface area contributed by atoms with Crippen molar-refractivity contribution in [3.05, 3.63) is 52.0 Å². The molecule has 1 amide bonds. The van der Waals surface area contributed by atoms with E-state index in [1.54, 1.807) is 37.3 Å². The molecule has 0 saturated heterocycles. The van der Waals surface area contributed by atoms with E-state index in [-0.39, 0.29) is 0 Å². The number of hydrogen-bond donors (Lipinski definition) is 1. The number of hydrogen-bond acceptors (Lipinski definition) is 4. The van der Waals surface area contributed by atoms with Gasteiger partial charge in [0.25, 0.3) is 5.91 Å². The summed E-state index contributed by atoms with van der Waals surface area (Å²) in [5.74, 6) is 0.292. The van der Waals surface area contributed by atoms with Crippen LogP contribution in [-0.4, -0.2) is 25.4 Å².